The maximum Gasteiger partial charge on any atom is 0.237 e. The zero-order valence-electron chi connectivity index (χ0n) is 13.4. The lowest BCUT2D eigenvalue weighted by molar-refractivity contribution is -0.123. The number of imidazole rings is 1. The molecule has 2 N–H and O–H groups in total. The fourth-order valence-electron chi connectivity index (χ4n) is 3.01. The summed E-state index contributed by atoms with van der Waals surface area (Å²) in [6.07, 6.45) is 7.91. The lowest BCUT2D eigenvalue weighted by Gasteiger charge is -2.12. The summed E-state index contributed by atoms with van der Waals surface area (Å²) in [5.74, 6) is 1.01. The molecule has 1 aromatic heterocycles. The van der Waals surface area contributed by atoms with E-state index >= 15 is 0 Å². The number of hydrogen-bond donors (Lipinski definition) is 2. The van der Waals surface area contributed by atoms with Gasteiger partial charge in [0.05, 0.1) is 12.6 Å². The van der Waals surface area contributed by atoms with Crippen molar-refractivity contribution in [1.29, 1.82) is 0 Å². The topological polar surface area (TPSA) is 59.0 Å². The number of aryl methyl sites for hydroxylation is 2. The highest BCUT2D eigenvalue weighted by atomic mass is 16.2. The first-order chi connectivity index (χ1) is 11.3. The molecule has 5 nitrogen and oxygen atoms in total. The van der Waals surface area contributed by atoms with Crippen LogP contribution in [0.3, 0.4) is 0 Å². The zero-order chi connectivity index (χ0) is 15.9. The van der Waals surface area contributed by atoms with E-state index in [1.54, 1.807) is 6.20 Å². The van der Waals surface area contributed by atoms with Gasteiger partial charge in [-0.1, -0.05) is 30.3 Å². The lowest BCUT2D eigenvalue weighted by atomic mass is 10.1. The van der Waals surface area contributed by atoms with Crippen LogP contribution in [0.4, 0.5) is 0 Å². The zero-order valence-corrected chi connectivity index (χ0v) is 13.4. The Balaban J connectivity index is 1.46. The molecule has 1 atom stereocenters. The molecule has 1 amide bonds. The molecule has 0 spiro atoms. The summed E-state index contributed by atoms with van der Waals surface area (Å²) in [5, 5.41) is 6.21. The van der Waals surface area contributed by atoms with Crippen LogP contribution in [0.15, 0.2) is 42.7 Å². The third kappa shape index (κ3) is 4.42. The molecule has 2 aromatic rings. The second-order valence-corrected chi connectivity index (χ2v) is 5.99. The Morgan fingerprint density at radius 3 is 3.00 bits per heavy atom. The van der Waals surface area contributed by atoms with Gasteiger partial charge in [-0.05, 0) is 37.8 Å². The van der Waals surface area contributed by atoms with Crippen molar-refractivity contribution in [1.82, 2.24) is 20.2 Å². The molecule has 1 aliphatic rings. The Morgan fingerprint density at radius 2 is 2.22 bits per heavy atom. The third-order valence-corrected chi connectivity index (χ3v) is 4.31. The van der Waals surface area contributed by atoms with Crippen LogP contribution in [-0.2, 0) is 24.3 Å². The molecule has 0 radical (unpaired) electrons. The average molecular weight is 312 g/mol. The first-order valence-electron chi connectivity index (χ1n) is 8.38. The van der Waals surface area contributed by atoms with Crippen LogP contribution in [0.25, 0.3) is 0 Å². The van der Waals surface area contributed by atoms with E-state index in [0.717, 1.165) is 44.6 Å². The monoisotopic (exact) mass is 312 g/mol. The minimum atomic E-state index is -0.0310. The van der Waals surface area contributed by atoms with E-state index in [1.165, 1.54) is 5.56 Å². The number of aromatic nitrogens is 2. The Labute approximate surface area is 137 Å². The van der Waals surface area contributed by atoms with Crippen molar-refractivity contribution in [3.05, 3.63) is 54.1 Å². The average Bonchev–Trinajstić information content (AvgIpc) is 3.26. The van der Waals surface area contributed by atoms with Crippen LogP contribution in [0.5, 0.6) is 0 Å². The molecule has 1 aliphatic heterocycles. The highest BCUT2D eigenvalue weighted by molar-refractivity contribution is 5.81. The summed E-state index contributed by atoms with van der Waals surface area (Å²) in [7, 11) is 0. The van der Waals surface area contributed by atoms with Gasteiger partial charge >= 0.3 is 0 Å². The number of nitrogens with zero attached hydrogens (tertiary/aromatic N) is 2. The molecule has 2 heterocycles. The number of hydrogen-bond acceptors (Lipinski definition) is 3. The maximum absolute atomic E-state index is 12.0. The van der Waals surface area contributed by atoms with E-state index in [0.29, 0.717) is 6.54 Å². The predicted octanol–water partition coefficient (Wildman–Crippen LogP) is 1.88. The van der Waals surface area contributed by atoms with Crippen LogP contribution >= 0.6 is 0 Å². The molecule has 0 saturated carbocycles. The Kier molecular flexibility index (Phi) is 5.42. The number of benzene rings is 1. The van der Waals surface area contributed by atoms with Crippen LogP contribution in [-0.4, -0.2) is 28.0 Å². The van der Waals surface area contributed by atoms with Crippen molar-refractivity contribution in [3.8, 4) is 0 Å². The minimum Gasteiger partial charge on any atom is -0.348 e. The van der Waals surface area contributed by atoms with Crippen molar-refractivity contribution in [2.75, 3.05) is 6.54 Å². The molecular weight excluding hydrogens is 288 g/mol. The van der Waals surface area contributed by atoms with Gasteiger partial charge in [-0.25, -0.2) is 4.98 Å². The standard InChI is InChI=1S/C18H24N4O/c23-18(16-9-4-10-19-16)21-14-17-20-11-13-22(17)12-5-8-15-6-2-1-3-7-15/h1-3,6-7,11,13,16,19H,4-5,8-10,12,14H2,(H,21,23)/t16-/m0/s1. The van der Waals surface area contributed by atoms with Gasteiger partial charge in [0.25, 0.3) is 0 Å². The summed E-state index contributed by atoms with van der Waals surface area (Å²) in [4.78, 5) is 16.4. The normalized spacial score (nSPS) is 17.3. The van der Waals surface area contributed by atoms with Gasteiger partial charge in [-0.3, -0.25) is 4.79 Å². The molecule has 0 bridgehead atoms. The third-order valence-electron chi connectivity index (χ3n) is 4.31. The Hall–Kier alpha value is -2.14. The summed E-state index contributed by atoms with van der Waals surface area (Å²) in [6.45, 7) is 2.35. The summed E-state index contributed by atoms with van der Waals surface area (Å²) in [6, 6.07) is 10.5. The van der Waals surface area contributed by atoms with Gasteiger partial charge < -0.3 is 15.2 Å². The molecule has 1 fully saturated rings. The van der Waals surface area contributed by atoms with Crippen molar-refractivity contribution in [2.45, 2.75) is 44.8 Å². The second kappa shape index (κ2) is 7.92. The summed E-state index contributed by atoms with van der Waals surface area (Å²) < 4.78 is 2.13. The molecule has 1 aromatic carbocycles. The molecule has 0 aliphatic carbocycles. The van der Waals surface area contributed by atoms with Gasteiger partial charge in [-0.2, -0.15) is 0 Å². The number of amides is 1. The predicted molar refractivity (Wildman–Crippen MR) is 89.9 cm³/mol. The van der Waals surface area contributed by atoms with Crippen LogP contribution in [0.2, 0.25) is 0 Å². The van der Waals surface area contributed by atoms with E-state index < -0.39 is 0 Å². The van der Waals surface area contributed by atoms with E-state index in [2.05, 4.69) is 44.5 Å². The first kappa shape index (κ1) is 15.7. The van der Waals surface area contributed by atoms with Crippen LogP contribution in [0, 0.1) is 0 Å². The van der Waals surface area contributed by atoms with Gasteiger partial charge in [0, 0.05) is 18.9 Å². The van der Waals surface area contributed by atoms with Gasteiger partial charge in [-0.15, -0.1) is 0 Å². The van der Waals surface area contributed by atoms with Crippen LogP contribution < -0.4 is 10.6 Å². The van der Waals surface area contributed by atoms with Crippen molar-refractivity contribution >= 4 is 5.91 Å². The fraction of sp³-hybridized carbons (Fsp3) is 0.444. The Bertz CT molecular complexity index is 617. The highest BCUT2D eigenvalue weighted by Gasteiger charge is 2.21. The Morgan fingerprint density at radius 1 is 1.35 bits per heavy atom. The van der Waals surface area contributed by atoms with E-state index in [4.69, 9.17) is 0 Å². The molecule has 122 valence electrons. The molecule has 0 unspecified atom stereocenters. The largest absolute Gasteiger partial charge is 0.348 e. The van der Waals surface area contributed by atoms with E-state index in [9.17, 15) is 4.79 Å². The molecule has 23 heavy (non-hydrogen) atoms. The number of rotatable bonds is 7. The van der Waals surface area contributed by atoms with E-state index in [1.807, 2.05) is 12.3 Å². The molecular formula is C18H24N4O. The minimum absolute atomic E-state index is 0.0310. The van der Waals surface area contributed by atoms with Gasteiger partial charge in [0.1, 0.15) is 5.82 Å². The lowest BCUT2D eigenvalue weighted by Crippen LogP contribution is -2.40. The maximum atomic E-state index is 12.0. The second-order valence-electron chi connectivity index (χ2n) is 5.99. The number of carbonyl (C=O) groups excluding carboxylic acids is 1. The molecule has 5 heteroatoms. The summed E-state index contributed by atoms with van der Waals surface area (Å²) in [5.41, 5.74) is 1.36. The number of nitrogens with one attached hydrogen (secondary N) is 2. The smallest absolute Gasteiger partial charge is 0.237 e. The van der Waals surface area contributed by atoms with Gasteiger partial charge in [0.2, 0.25) is 5.91 Å². The SMILES string of the molecule is O=C(NCc1nccn1CCCc1ccccc1)[C@@H]1CCCN1. The quantitative estimate of drug-likeness (QED) is 0.821. The van der Waals surface area contributed by atoms with Crippen LogP contribution in [0.1, 0.15) is 30.7 Å². The summed E-state index contributed by atoms with van der Waals surface area (Å²) >= 11 is 0. The first-order valence-corrected chi connectivity index (χ1v) is 8.38. The van der Waals surface area contributed by atoms with Gasteiger partial charge in [0.15, 0.2) is 0 Å². The fourth-order valence-corrected chi connectivity index (χ4v) is 3.01. The highest BCUT2D eigenvalue weighted by Crippen LogP contribution is 2.07. The molecule has 1 saturated heterocycles. The number of carbonyl (C=O) groups is 1. The van der Waals surface area contributed by atoms with Crippen molar-refractivity contribution in [2.24, 2.45) is 0 Å². The van der Waals surface area contributed by atoms with Crippen molar-refractivity contribution < 1.29 is 4.79 Å². The molecule has 3 rings (SSSR count). The van der Waals surface area contributed by atoms with E-state index in [-0.39, 0.29) is 11.9 Å². The van der Waals surface area contributed by atoms with Crippen molar-refractivity contribution in [3.63, 3.8) is 0 Å².